The van der Waals surface area contributed by atoms with Crippen molar-refractivity contribution in [1.82, 2.24) is 10.2 Å². The minimum absolute atomic E-state index is 0.0292. The zero-order chi connectivity index (χ0) is 21.3. The number of nitrogens with zero attached hydrogens (tertiary/aromatic N) is 1. The Balaban J connectivity index is 2.56. The monoisotopic (exact) mass is 400 g/mol. The largest absolute Gasteiger partial charge is 0.507 e. The highest BCUT2D eigenvalue weighted by Crippen LogP contribution is 2.42. The molecule has 0 radical (unpaired) electrons. The van der Waals surface area contributed by atoms with Crippen LogP contribution in [0.2, 0.25) is 0 Å². The van der Waals surface area contributed by atoms with E-state index in [4.69, 9.17) is 0 Å². The smallest absolute Gasteiger partial charge is 0.389 e. The summed E-state index contributed by atoms with van der Waals surface area (Å²) in [4.78, 5) is 2.15. The molecular weight excluding hydrogens is 365 g/mol. The zero-order valence-electron chi connectivity index (χ0n) is 18.0. The van der Waals surface area contributed by atoms with Crippen LogP contribution in [0.1, 0.15) is 77.1 Å². The van der Waals surface area contributed by atoms with Crippen LogP contribution in [0.5, 0.6) is 5.75 Å². The first-order valence-electron chi connectivity index (χ1n) is 10.1. The average molecular weight is 401 g/mol. The van der Waals surface area contributed by atoms with Gasteiger partial charge in [-0.1, -0.05) is 41.5 Å². The van der Waals surface area contributed by atoms with Crippen LogP contribution in [0.25, 0.3) is 0 Å². The highest BCUT2D eigenvalue weighted by atomic mass is 19.4. The van der Waals surface area contributed by atoms with Crippen LogP contribution in [0.15, 0.2) is 12.1 Å². The molecule has 1 heterocycles. The summed E-state index contributed by atoms with van der Waals surface area (Å²) < 4.78 is 39.1. The standard InChI is InChI=1S/C22H35F3N2O/c1-20(2,3)16-13-15(14-17(19(16)28)21(4,5)6)18(7-8-22(23,24)25)27-11-9-26-10-12-27/h13-14,18,26,28H,7-12H2,1-6H3/t18-/m0/s1. The lowest BCUT2D eigenvalue weighted by Crippen LogP contribution is -2.45. The predicted molar refractivity (Wildman–Crippen MR) is 108 cm³/mol. The summed E-state index contributed by atoms with van der Waals surface area (Å²) in [5.41, 5.74) is 1.85. The van der Waals surface area contributed by atoms with E-state index in [-0.39, 0.29) is 29.0 Å². The minimum Gasteiger partial charge on any atom is -0.507 e. The lowest BCUT2D eigenvalue weighted by molar-refractivity contribution is -0.138. The number of phenolic OH excluding ortho intramolecular Hbond substituents is 1. The first-order valence-corrected chi connectivity index (χ1v) is 10.1. The van der Waals surface area contributed by atoms with E-state index in [0.717, 1.165) is 42.9 Å². The summed E-state index contributed by atoms with van der Waals surface area (Å²) in [6, 6.07) is 3.54. The lowest BCUT2D eigenvalue weighted by atomic mass is 9.77. The first-order chi connectivity index (χ1) is 12.7. The number of alkyl halides is 3. The summed E-state index contributed by atoms with van der Waals surface area (Å²) >= 11 is 0. The molecule has 2 N–H and O–H groups in total. The minimum atomic E-state index is -4.18. The van der Waals surface area contributed by atoms with Gasteiger partial charge in [-0.2, -0.15) is 13.2 Å². The fourth-order valence-electron chi connectivity index (χ4n) is 3.85. The molecule has 6 heteroatoms. The zero-order valence-corrected chi connectivity index (χ0v) is 18.0. The van der Waals surface area contributed by atoms with Crippen LogP contribution in [-0.2, 0) is 10.8 Å². The van der Waals surface area contributed by atoms with Gasteiger partial charge in [-0.05, 0) is 46.1 Å². The van der Waals surface area contributed by atoms with Gasteiger partial charge in [-0.3, -0.25) is 4.90 Å². The molecular formula is C22H35F3N2O. The van der Waals surface area contributed by atoms with E-state index < -0.39 is 12.6 Å². The Morgan fingerprint density at radius 3 is 1.82 bits per heavy atom. The Morgan fingerprint density at radius 2 is 1.43 bits per heavy atom. The van der Waals surface area contributed by atoms with Crippen LogP contribution in [-0.4, -0.2) is 42.4 Å². The number of piperazine rings is 1. The molecule has 1 atom stereocenters. The van der Waals surface area contributed by atoms with Crippen molar-refractivity contribution in [1.29, 1.82) is 0 Å². The van der Waals surface area contributed by atoms with Crippen LogP contribution in [0.4, 0.5) is 13.2 Å². The molecule has 0 amide bonds. The molecule has 1 aromatic carbocycles. The average Bonchev–Trinajstić information content (AvgIpc) is 2.54. The highest BCUT2D eigenvalue weighted by Gasteiger charge is 2.33. The maximum Gasteiger partial charge on any atom is 0.389 e. The van der Waals surface area contributed by atoms with Gasteiger partial charge in [0.05, 0.1) is 0 Å². The van der Waals surface area contributed by atoms with Gasteiger partial charge < -0.3 is 10.4 Å². The van der Waals surface area contributed by atoms with Gasteiger partial charge in [-0.25, -0.2) is 0 Å². The molecule has 0 saturated carbocycles. The summed E-state index contributed by atoms with van der Waals surface area (Å²) in [6.45, 7) is 15.1. The van der Waals surface area contributed by atoms with Crippen molar-refractivity contribution in [3.8, 4) is 5.75 Å². The maximum absolute atomic E-state index is 13.0. The van der Waals surface area contributed by atoms with Crippen molar-refractivity contribution in [3.05, 3.63) is 28.8 Å². The van der Waals surface area contributed by atoms with E-state index in [0.29, 0.717) is 0 Å². The van der Waals surface area contributed by atoms with Crippen LogP contribution in [0, 0.1) is 0 Å². The number of nitrogens with one attached hydrogen (secondary N) is 1. The molecule has 3 nitrogen and oxygen atoms in total. The molecule has 160 valence electrons. The summed E-state index contributed by atoms with van der Waals surface area (Å²) in [6.07, 6.45) is -4.96. The SMILES string of the molecule is CC(C)(C)c1cc([C@H](CCC(F)(F)F)N2CCNCC2)cc(C(C)(C)C)c1O. The number of benzene rings is 1. The van der Waals surface area contributed by atoms with Gasteiger partial charge >= 0.3 is 6.18 Å². The fourth-order valence-corrected chi connectivity index (χ4v) is 3.85. The van der Waals surface area contributed by atoms with E-state index in [2.05, 4.69) is 10.2 Å². The quantitative estimate of drug-likeness (QED) is 0.722. The molecule has 0 aromatic heterocycles. The summed E-state index contributed by atoms with van der Waals surface area (Å²) in [5, 5.41) is 14.2. The van der Waals surface area contributed by atoms with Crippen LogP contribution in [0.3, 0.4) is 0 Å². The van der Waals surface area contributed by atoms with Gasteiger partial charge in [0.1, 0.15) is 5.75 Å². The molecule has 0 unspecified atom stereocenters. The van der Waals surface area contributed by atoms with Crippen molar-refractivity contribution in [3.63, 3.8) is 0 Å². The van der Waals surface area contributed by atoms with E-state index >= 15 is 0 Å². The van der Waals surface area contributed by atoms with Crippen molar-refractivity contribution < 1.29 is 18.3 Å². The number of hydrogen-bond acceptors (Lipinski definition) is 3. The molecule has 1 fully saturated rings. The van der Waals surface area contributed by atoms with E-state index in [9.17, 15) is 18.3 Å². The second kappa shape index (κ2) is 8.23. The topological polar surface area (TPSA) is 35.5 Å². The first kappa shape index (κ1) is 23.0. The third-order valence-electron chi connectivity index (χ3n) is 5.43. The third-order valence-corrected chi connectivity index (χ3v) is 5.43. The van der Waals surface area contributed by atoms with Crippen LogP contribution < -0.4 is 5.32 Å². The molecule has 0 spiro atoms. The third kappa shape index (κ3) is 5.86. The van der Waals surface area contributed by atoms with Crippen molar-refractivity contribution in [2.45, 2.75) is 77.4 Å². The van der Waals surface area contributed by atoms with Gasteiger partial charge in [0.25, 0.3) is 0 Å². The Labute approximate surface area is 167 Å². The summed E-state index contributed by atoms with van der Waals surface area (Å²) in [5.74, 6) is 0.263. The Hall–Kier alpha value is -1.27. The number of aromatic hydroxyl groups is 1. The molecule has 1 aliphatic rings. The number of phenols is 1. The van der Waals surface area contributed by atoms with Gasteiger partial charge in [0.2, 0.25) is 0 Å². The predicted octanol–water partition coefficient (Wildman–Crippen LogP) is 5.28. The van der Waals surface area contributed by atoms with Crippen LogP contribution >= 0.6 is 0 Å². The Morgan fingerprint density at radius 1 is 0.964 bits per heavy atom. The number of halogens is 3. The van der Waals surface area contributed by atoms with Crippen molar-refractivity contribution in [2.24, 2.45) is 0 Å². The Kier molecular flexibility index (Phi) is 6.76. The summed E-state index contributed by atoms with van der Waals surface area (Å²) in [7, 11) is 0. The molecule has 1 aliphatic heterocycles. The molecule has 28 heavy (non-hydrogen) atoms. The maximum atomic E-state index is 13.0. The second-order valence-electron chi connectivity index (χ2n) is 9.92. The van der Waals surface area contributed by atoms with E-state index in [1.807, 2.05) is 53.7 Å². The van der Waals surface area contributed by atoms with Gasteiger partial charge in [-0.15, -0.1) is 0 Å². The van der Waals surface area contributed by atoms with Gasteiger partial charge in [0, 0.05) is 38.6 Å². The Bertz CT molecular complexity index is 631. The van der Waals surface area contributed by atoms with E-state index in [1.54, 1.807) is 0 Å². The fraction of sp³-hybridized carbons (Fsp3) is 0.727. The highest BCUT2D eigenvalue weighted by molar-refractivity contribution is 5.50. The van der Waals surface area contributed by atoms with Gasteiger partial charge in [0.15, 0.2) is 0 Å². The lowest BCUT2D eigenvalue weighted by Gasteiger charge is -2.37. The van der Waals surface area contributed by atoms with E-state index in [1.165, 1.54) is 0 Å². The molecule has 0 aliphatic carbocycles. The molecule has 1 saturated heterocycles. The normalized spacial score (nSPS) is 18.3. The molecule has 1 aromatic rings. The molecule has 2 rings (SSSR count). The number of rotatable bonds is 4. The van der Waals surface area contributed by atoms with Crippen molar-refractivity contribution >= 4 is 0 Å². The number of hydrogen-bond donors (Lipinski definition) is 2. The molecule has 0 bridgehead atoms. The second-order valence-corrected chi connectivity index (χ2v) is 9.92. The van der Waals surface area contributed by atoms with Crippen molar-refractivity contribution in [2.75, 3.05) is 26.2 Å².